The van der Waals surface area contributed by atoms with Crippen molar-refractivity contribution in [2.45, 2.75) is 51.6 Å². The fraction of sp³-hybridized carbons (Fsp3) is 0.500. The van der Waals surface area contributed by atoms with Crippen LogP contribution in [0.1, 0.15) is 43.4 Å². The van der Waals surface area contributed by atoms with E-state index in [-0.39, 0.29) is 17.7 Å². The largest absolute Gasteiger partial charge is 0.459 e. The van der Waals surface area contributed by atoms with E-state index in [1.165, 1.54) is 12.8 Å². The number of rotatable bonds is 4. The number of benzene rings is 1. The number of carbonyl (C=O) groups excluding carboxylic acids is 2. The van der Waals surface area contributed by atoms with Crippen molar-refractivity contribution in [2.24, 2.45) is 5.92 Å². The number of nitrogens with one attached hydrogen (secondary N) is 1. The summed E-state index contributed by atoms with van der Waals surface area (Å²) in [6, 6.07) is 8.23. The molecule has 1 aliphatic heterocycles. The Morgan fingerprint density at radius 3 is 2.80 bits per heavy atom. The summed E-state index contributed by atoms with van der Waals surface area (Å²) in [5.74, 6) is 0.630. The molecule has 1 saturated carbocycles. The Labute approximate surface area is 147 Å². The first-order valence-electron chi connectivity index (χ1n) is 9.17. The predicted molar refractivity (Wildman–Crippen MR) is 94.9 cm³/mol. The molecule has 2 amide bonds. The Morgan fingerprint density at radius 1 is 1.28 bits per heavy atom. The summed E-state index contributed by atoms with van der Waals surface area (Å²) in [7, 11) is 0. The van der Waals surface area contributed by atoms with Crippen LogP contribution in [0.15, 0.2) is 28.7 Å². The molecule has 5 nitrogen and oxygen atoms in total. The molecule has 2 fully saturated rings. The number of carbonyl (C=O) groups is 2. The Hall–Kier alpha value is -2.30. The van der Waals surface area contributed by atoms with Gasteiger partial charge in [-0.2, -0.15) is 0 Å². The number of furan rings is 1. The molecule has 0 radical (unpaired) electrons. The highest BCUT2D eigenvalue weighted by molar-refractivity contribution is 5.89. The van der Waals surface area contributed by atoms with Crippen molar-refractivity contribution in [2.75, 3.05) is 6.54 Å². The molecule has 0 unspecified atom stereocenters. The van der Waals surface area contributed by atoms with E-state index < -0.39 is 0 Å². The van der Waals surface area contributed by atoms with E-state index in [1.807, 2.05) is 36.1 Å². The second-order valence-corrected chi connectivity index (χ2v) is 7.25. The Bertz CT molecular complexity index is 804. The van der Waals surface area contributed by atoms with Gasteiger partial charge in [0.1, 0.15) is 11.3 Å². The number of para-hydroxylation sites is 1. The molecule has 2 aliphatic rings. The van der Waals surface area contributed by atoms with E-state index in [0.717, 1.165) is 35.1 Å². The zero-order valence-corrected chi connectivity index (χ0v) is 14.6. The summed E-state index contributed by atoms with van der Waals surface area (Å²) in [6.45, 7) is 2.94. The molecule has 2 heterocycles. The lowest BCUT2D eigenvalue weighted by molar-refractivity contribution is -0.130. The summed E-state index contributed by atoms with van der Waals surface area (Å²) < 4.78 is 5.84. The summed E-state index contributed by atoms with van der Waals surface area (Å²) in [5.41, 5.74) is 1.90. The molecule has 25 heavy (non-hydrogen) atoms. The fourth-order valence-corrected chi connectivity index (χ4v) is 4.18. The molecular formula is C20H24N2O3. The minimum Gasteiger partial charge on any atom is -0.459 e. The highest BCUT2D eigenvalue weighted by Crippen LogP contribution is 2.30. The van der Waals surface area contributed by atoms with Gasteiger partial charge in [-0.25, -0.2) is 0 Å². The van der Waals surface area contributed by atoms with Crippen LogP contribution in [0.3, 0.4) is 0 Å². The average Bonchev–Trinajstić information content (AvgIpc) is 3.33. The smallest absolute Gasteiger partial charge is 0.225 e. The van der Waals surface area contributed by atoms with Crippen LogP contribution in [0.4, 0.5) is 0 Å². The maximum Gasteiger partial charge on any atom is 0.225 e. The van der Waals surface area contributed by atoms with Gasteiger partial charge in [-0.05, 0) is 25.8 Å². The quantitative estimate of drug-likeness (QED) is 0.930. The van der Waals surface area contributed by atoms with Gasteiger partial charge in [-0.1, -0.05) is 31.0 Å². The van der Waals surface area contributed by atoms with E-state index in [2.05, 4.69) is 5.32 Å². The van der Waals surface area contributed by atoms with Crippen LogP contribution >= 0.6 is 0 Å². The van der Waals surface area contributed by atoms with Crippen molar-refractivity contribution in [3.05, 3.63) is 35.6 Å². The lowest BCUT2D eigenvalue weighted by atomic mass is 10.1. The average molecular weight is 340 g/mol. The van der Waals surface area contributed by atoms with Gasteiger partial charge in [0.15, 0.2) is 0 Å². The van der Waals surface area contributed by atoms with Crippen molar-refractivity contribution in [3.63, 3.8) is 0 Å². The summed E-state index contributed by atoms with van der Waals surface area (Å²) in [4.78, 5) is 26.7. The van der Waals surface area contributed by atoms with E-state index in [0.29, 0.717) is 25.6 Å². The molecule has 0 spiro atoms. The maximum atomic E-state index is 12.5. The molecule has 1 aliphatic carbocycles. The van der Waals surface area contributed by atoms with Crippen LogP contribution in [0.2, 0.25) is 0 Å². The molecule has 0 bridgehead atoms. The molecule has 1 atom stereocenters. The SMILES string of the molecule is Cc1c(CNC(=O)[C@H]2CC(=O)N(C3CCCC3)C2)oc2ccccc12. The zero-order chi connectivity index (χ0) is 17.4. The summed E-state index contributed by atoms with van der Waals surface area (Å²) in [5, 5.41) is 4.04. The van der Waals surface area contributed by atoms with Gasteiger partial charge >= 0.3 is 0 Å². The Morgan fingerprint density at radius 2 is 2.04 bits per heavy atom. The second kappa shape index (κ2) is 6.54. The zero-order valence-electron chi connectivity index (χ0n) is 14.6. The first-order chi connectivity index (χ1) is 12.1. The van der Waals surface area contributed by atoms with Crippen LogP contribution in [-0.2, 0) is 16.1 Å². The third kappa shape index (κ3) is 3.03. The molecule has 132 valence electrons. The standard InChI is InChI=1S/C20H24N2O3/c1-13-16-8-4-5-9-17(16)25-18(13)11-21-20(24)14-10-19(23)22(12-14)15-6-2-3-7-15/h4-5,8-9,14-15H,2-3,6-7,10-12H2,1H3,(H,21,24)/t14-/m0/s1. The molecule has 1 saturated heterocycles. The van der Waals surface area contributed by atoms with Gasteiger partial charge in [0.2, 0.25) is 11.8 Å². The van der Waals surface area contributed by atoms with E-state index in [4.69, 9.17) is 4.42 Å². The lowest BCUT2D eigenvalue weighted by Gasteiger charge is -2.23. The van der Waals surface area contributed by atoms with Crippen molar-refractivity contribution >= 4 is 22.8 Å². The van der Waals surface area contributed by atoms with Crippen molar-refractivity contribution < 1.29 is 14.0 Å². The first-order valence-corrected chi connectivity index (χ1v) is 9.17. The number of fused-ring (bicyclic) bond motifs is 1. The monoisotopic (exact) mass is 340 g/mol. The Kier molecular flexibility index (Phi) is 4.24. The van der Waals surface area contributed by atoms with Crippen molar-refractivity contribution in [1.82, 2.24) is 10.2 Å². The van der Waals surface area contributed by atoms with Crippen molar-refractivity contribution in [1.29, 1.82) is 0 Å². The van der Waals surface area contributed by atoms with Gasteiger partial charge in [-0.3, -0.25) is 9.59 Å². The first kappa shape index (κ1) is 16.2. The fourth-order valence-electron chi connectivity index (χ4n) is 4.18. The number of hydrogen-bond acceptors (Lipinski definition) is 3. The minimum absolute atomic E-state index is 0.0475. The van der Waals surface area contributed by atoms with Gasteiger partial charge in [0.05, 0.1) is 12.5 Å². The highest BCUT2D eigenvalue weighted by Gasteiger charge is 2.38. The molecule has 1 N–H and O–H groups in total. The Balaban J connectivity index is 1.39. The number of likely N-dealkylation sites (tertiary alicyclic amines) is 1. The maximum absolute atomic E-state index is 12.5. The van der Waals surface area contributed by atoms with E-state index in [9.17, 15) is 9.59 Å². The summed E-state index contributed by atoms with van der Waals surface area (Å²) in [6.07, 6.45) is 4.88. The van der Waals surface area contributed by atoms with Crippen LogP contribution < -0.4 is 5.32 Å². The number of hydrogen-bond donors (Lipinski definition) is 1. The molecule has 4 rings (SSSR count). The molecule has 1 aromatic heterocycles. The molecular weight excluding hydrogens is 316 g/mol. The van der Waals surface area contributed by atoms with Crippen LogP contribution in [0.5, 0.6) is 0 Å². The normalized spacial score (nSPS) is 21.4. The molecule has 1 aromatic carbocycles. The van der Waals surface area contributed by atoms with E-state index in [1.54, 1.807) is 0 Å². The minimum atomic E-state index is -0.238. The third-order valence-electron chi connectivity index (χ3n) is 5.66. The van der Waals surface area contributed by atoms with Crippen molar-refractivity contribution in [3.8, 4) is 0 Å². The summed E-state index contributed by atoms with van der Waals surface area (Å²) >= 11 is 0. The second-order valence-electron chi connectivity index (χ2n) is 7.25. The van der Waals surface area contributed by atoms with E-state index >= 15 is 0 Å². The van der Waals surface area contributed by atoms with Gasteiger partial charge in [0, 0.05) is 30.0 Å². The third-order valence-corrected chi connectivity index (χ3v) is 5.66. The topological polar surface area (TPSA) is 62.6 Å². The van der Waals surface area contributed by atoms with Crippen LogP contribution in [0, 0.1) is 12.8 Å². The number of nitrogens with zero attached hydrogens (tertiary/aromatic N) is 1. The number of aryl methyl sites for hydroxylation is 1. The van der Waals surface area contributed by atoms with Gasteiger partial charge < -0.3 is 14.6 Å². The highest BCUT2D eigenvalue weighted by atomic mass is 16.3. The van der Waals surface area contributed by atoms with Gasteiger partial charge in [0.25, 0.3) is 0 Å². The van der Waals surface area contributed by atoms with Gasteiger partial charge in [-0.15, -0.1) is 0 Å². The predicted octanol–water partition coefficient (Wildman–Crippen LogP) is 3.15. The molecule has 5 heteroatoms. The molecule has 2 aromatic rings. The van der Waals surface area contributed by atoms with Crippen LogP contribution in [0.25, 0.3) is 11.0 Å². The van der Waals surface area contributed by atoms with Crippen LogP contribution in [-0.4, -0.2) is 29.3 Å². The number of amides is 2. The lowest BCUT2D eigenvalue weighted by Crippen LogP contribution is -2.36.